The second-order valence-electron chi connectivity index (χ2n) is 11.7. The molecule has 5 rings (SSSR count). The van der Waals surface area contributed by atoms with Crippen LogP contribution in [0, 0.1) is 17.3 Å². The van der Waals surface area contributed by atoms with Gasteiger partial charge in [-0.1, -0.05) is 26.2 Å². The van der Waals surface area contributed by atoms with Crippen molar-refractivity contribution in [2.45, 2.75) is 69.5 Å². The van der Waals surface area contributed by atoms with E-state index in [1.165, 1.54) is 43.1 Å². The van der Waals surface area contributed by atoms with Crippen LogP contribution in [0.4, 0.5) is 4.79 Å². The van der Waals surface area contributed by atoms with Crippen LogP contribution >= 0.6 is 11.3 Å². The first-order chi connectivity index (χ1) is 19.8. The van der Waals surface area contributed by atoms with Gasteiger partial charge in [0.2, 0.25) is 10.9 Å². The van der Waals surface area contributed by atoms with Gasteiger partial charge in [0.1, 0.15) is 16.9 Å². The van der Waals surface area contributed by atoms with Crippen LogP contribution in [0.15, 0.2) is 23.2 Å². The molecule has 4 heterocycles. The van der Waals surface area contributed by atoms with Crippen molar-refractivity contribution >= 4 is 49.8 Å². The van der Waals surface area contributed by atoms with E-state index in [0.29, 0.717) is 16.4 Å². The van der Waals surface area contributed by atoms with Gasteiger partial charge in [-0.05, 0) is 32.1 Å². The first-order valence-corrected chi connectivity index (χ1v) is 16.2. The Labute approximate surface area is 247 Å². The molecule has 2 aromatic heterocycles. The molecular weight excluding hydrogens is 588 g/mol. The second kappa shape index (κ2) is 11.2. The van der Waals surface area contributed by atoms with Gasteiger partial charge in [0.25, 0.3) is 10.0 Å². The van der Waals surface area contributed by atoms with Crippen LogP contribution in [0.25, 0.3) is 10.4 Å². The van der Waals surface area contributed by atoms with Crippen molar-refractivity contribution in [2.75, 3.05) is 27.3 Å². The molecule has 2 fully saturated rings. The molecular formula is C27H36N4O9S2. The number of fused-ring (bicyclic) bond motifs is 2. The molecule has 1 saturated heterocycles. The molecule has 42 heavy (non-hydrogen) atoms. The van der Waals surface area contributed by atoms with E-state index in [2.05, 4.69) is 4.98 Å². The zero-order valence-corrected chi connectivity index (χ0v) is 25.6. The van der Waals surface area contributed by atoms with Crippen LogP contribution in [0.5, 0.6) is 0 Å². The monoisotopic (exact) mass is 624 g/mol. The number of carbonyl (C=O) groups is 3. The van der Waals surface area contributed by atoms with E-state index >= 15 is 0 Å². The number of aliphatic hydroxyl groups is 1. The molecule has 230 valence electrons. The number of aliphatic carboxylic acids is 1. The Hall–Kier alpha value is -3.01. The van der Waals surface area contributed by atoms with E-state index in [9.17, 15) is 33.0 Å². The maximum Gasteiger partial charge on any atom is 0.508 e. The molecule has 13 nitrogen and oxygen atoms in total. The zero-order valence-electron chi connectivity index (χ0n) is 24.0. The number of carbonyl (C=O) groups excluding carboxylic acids is 2. The number of carboxylic acid groups (broad SMARTS) is 1. The van der Waals surface area contributed by atoms with Crippen molar-refractivity contribution in [3.8, 4) is 0 Å². The van der Waals surface area contributed by atoms with Gasteiger partial charge in [0, 0.05) is 31.3 Å². The molecule has 1 amide bonds. The third kappa shape index (κ3) is 4.99. The van der Waals surface area contributed by atoms with E-state index in [1.807, 2.05) is 0 Å². The summed E-state index contributed by atoms with van der Waals surface area (Å²) in [4.78, 5) is 44.1. The van der Waals surface area contributed by atoms with E-state index < -0.39 is 51.5 Å². The Kier molecular flexibility index (Phi) is 8.15. The summed E-state index contributed by atoms with van der Waals surface area (Å²) in [5.41, 5.74) is -1.000. The number of hydrogen-bond donors (Lipinski definition) is 2. The van der Waals surface area contributed by atoms with Crippen molar-refractivity contribution in [3.05, 3.63) is 23.1 Å². The third-order valence-electron chi connectivity index (χ3n) is 8.72. The average molecular weight is 625 g/mol. The van der Waals surface area contributed by atoms with Crippen LogP contribution in [0.2, 0.25) is 0 Å². The minimum absolute atomic E-state index is 0.118. The molecule has 4 atom stereocenters. The van der Waals surface area contributed by atoms with E-state index in [4.69, 9.17) is 9.47 Å². The van der Waals surface area contributed by atoms with Gasteiger partial charge < -0.3 is 24.6 Å². The summed E-state index contributed by atoms with van der Waals surface area (Å²) in [6.07, 6.45) is 6.62. The lowest BCUT2D eigenvalue weighted by Crippen LogP contribution is -2.66. The summed E-state index contributed by atoms with van der Waals surface area (Å²) in [5.74, 6) is -2.40. The third-order valence-corrected chi connectivity index (χ3v) is 11.7. The minimum Gasteiger partial charge on any atom is -0.477 e. The van der Waals surface area contributed by atoms with Crippen molar-refractivity contribution in [1.82, 2.24) is 18.6 Å². The van der Waals surface area contributed by atoms with Gasteiger partial charge in [0.15, 0.2) is 0 Å². The average Bonchev–Trinajstić information content (AvgIpc) is 3.56. The number of aromatic nitrogens is 2. The first-order valence-electron chi connectivity index (χ1n) is 14.0. The number of hydrogen-bond acceptors (Lipinski definition) is 10. The molecule has 0 bridgehead atoms. The molecule has 0 spiro atoms. The van der Waals surface area contributed by atoms with Crippen LogP contribution < -0.4 is 0 Å². The Morgan fingerprint density at radius 3 is 2.55 bits per heavy atom. The van der Waals surface area contributed by atoms with Gasteiger partial charge in [-0.15, -0.1) is 11.3 Å². The van der Waals surface area contributed by atoms with Gasteiger partial charge >= 0.3 is 12.1 Å². The second-order valence-corrected chi connectivity index (χ2v) is 14.8. The Morgan fingerprint density at radius 1 is 1.24 bits per heavy atom. The number of amides is 1. The lowest BCUT2D eigenvalue weighted by atomic mass is 9.66. The molecule has 2 aliphatic heterocycles. The Balaban J connectivity index is 1.47. The first kappa shape index (κ1) is 30.4. The van der Waals surface area contributed by atoms with Gasteiger partial charge in [0.05, 0.1) is 36.2 Å². The quantitative estimate of drug-likeness (QED) is 0.296. The van der Waals surface area contributed by atoms with Gasteiger partial charge in [-0.2, -0.15) is 0 Å². The molecule has 1 aliphatic carbocycles. The van der Waals surface area contributed by atoms with Crippen molar-refractivity contribution < 1.29 is 42.5 Å². The number of rotatable bonds is 10. The number of sulfonamides is 1. The Morgan fingerprint density at radius 2 is 1.93 bits per heavy atom. The molecule has 0 radical (unpaired) electrons. The van der Waals surface area contributed by atoms with Crippen LogP contribution in [0.1, 0.15) is 57.2 Å². The maximum absolute atomic E-state index is 13.1. The van der Waals surface area contributed by atoms with E-state index in [1.54, 1.807) is 13.1 Å². The number of thiazole rings is 1. The number of carboxylic acids is 1. The number of ether oxygens (including phenoxy) is 2. The van der Waals surface area contributed by atoms with Crippen molar-refractivity contribution in [1.29, 1.82) is 0 Å². The molecule has 2 aromatic rings. The highest BCUT2D eigenvalue weighted by atomic mass is 32.2. The Bertz CT molecular complexity index is 1540. The van der Waals surface area contributed by atoms with E-state index in [-0.39, 0.29) is 35.2 Å². The summed E-state index contributed by atoms with van der Waals surface area (Å²) in [5, 5.41) is 20.6. The summed E-state index contributed by atoms with van der Waals surface area (Å²) in [6, 6.07) is -0.711. The largest absolute Gasteiger partial charge is 0.508 e. The fourth-order valence-electron chi connectivity index (χ4n) is 6.50. The molecule has 1 saturated carbocycles. The highest BCUT2D eigenvalue weighted by Gasteiger charge is 2.66. The van der Waals surface area contributed by atoms with Crippen molar-refractivity contribution in [2.24, 2.45) is 17.3 Å². The molecule has 2 N–H and O–H groups in total. The standard InChI is InChI=1S/C27H36N4O9S2/c1-15(32)18-21-27(2,10-11-39-26(36)40-13-16-8-6-5-7-9-16)19(20(25(34)35)31(21)23(18)33)17-12-30-14-28-22(24(30)41-17)42(37,38)29(3)4/h12,14-16,18,21,32H,5-11,13H2,1-4H3,(H,34,35)/t15-,18-,21-,27?/m1/s1. The topological polar surface area (TPSA) is 168 Å². The predicted molar refractivity (Wildman–Crippen MR) is 151 cm³/mol. The maximum atomic E-state index is 13.1. The van der Waals surface area contributed by atoms with E-state index in [0.717, 1.165) is 41.3 Å². The normalized spacial score (nSPS) is 25.6. The number of aliphatic hydroxyl groups excluding tert-OH is 1. The number of imidazole rings is 1. The highest BCUT2D eigenvalue weighted by Crippen LogP contribution is 2.60. The molecule has 15 heteroatoms. The summed E-state index contributed by atoms with van der Waals surface area (Å²) >= 11 is 1.04. The SMILES string of the molecule is C[C@@H](O)[C@H]1C(=O)N2C(C(=O)O)=C(c3cn4cnc(S(=O)(=O)N(C)C)c4s3)C(C)(CCOC(=O)OCC3CCCCC3)[C@@H]12. The molecule has 0 aromatic carbocycles. The highest BCUT2D eigenvalue weighted by molar-refractivity contribution is 7.89. The van der Waals surface area contributed by atoms with Crippen LogP contribution in [0.3, 0.4) is 0 Å². The minimum atomic E-state index is -3.89. The zero-order chi connectivity index (χ0) is 30.6. The van der Waals surface area contributed by atoms with Gasteiger partial charge in [-0.25, -0.2) is 27.3 Å². The summed E-state index contributed by atoms with van der Waals surface area (Å²) < 4.78 is 39.1. The summed E-state index contributed by atoms with van der Waals surface area (Å²) in [6.45, 7) is 3.43. The number of nitrogens with zero attached hydrogens (tertiary/aromatic N) is 4. The smallest absolute Gasteiger partial charge is 0.477 e. The lowest BCUT2D eigenvalue weighted by molar-refractivity contribution is -0.167. The fraction of sp³-hybridized carbons (Fsp3) is 0.630. The van der Waals surface area contributed by atoms with Crippen LogP contribution in [-0.4, -0.2) is 94.7 Å². The van der Waals surface area contributed by atoms with Crippen LogP contribution in [-0.2, 0) is 29.1 Å². The van der Waals surface area contributed by atoms with Crippen molar-refractivity contribution in [3.63, 3.8) is 0 Å². The lowest BCUT2D eigenvalue weighted by Gasteiger charge is -2.50. The fourth-order valence-corrected chi connectivity index (χ4v) is 8.95. The van der Waals surface area contributed by atoms with Gasteiger partial charge in [-0.3, -0.25) is 9.20 Å². The summed E-state index contributed by atoms with van der Waals surface area (Å²) in [7, 11) is -1.11. The molecule has 3 aliphatic rings. The predicted octanol–water partition coefficient (Wildman–Crippen LogP) is 2.79. The number of β-lactam (4-membered cyclic amide) rings is 1. The molecule has 1 unspecified atom stereocenters.